The lowest BCUT2D eigenvalue weighted by Gasteiger charge is -2.26. The highest BCUT2D eigenvalue weighted by atomic mass is 32.1. The monoisotopic (exact) mass is 521 g/mol. The van der Waals surface area contributed by atoms with E-state index in [4.69, 9.17) is 14.0 Å². The van der Waals surface area contributed by atoms with Gasteiger partial charge in [0.1, 0.15) is 12.4 Å². The summed E-state index contributed by atoms with van der Waals surface area (Å²) in [5, 5.41) is 9.42. The van der Waals surface area contributed by atoms with Crippen LogP contribution in [0.4, 0.5) is 11.5 Å². The van der Waals surface area contributed by atoms with Crippen LogP contribution in [0.25, 0.3) is 21.7 Å². The predicted molar refractivity (Wildman–Crippen MR) is 144 cm³/mol. The van der Waals surface area contributed by atoms with Crippen molar-refractivity contribution in [1.82, 2.24) is 30.0 Å². The first-order chi connectivity index (χ1) is 17.9. The molecule has 0 atom stereocenters. The number of nitrogens with zero attached hydrogens (tertiary/aromatic N) is 5. The molecule has 0 saturated carbocycles. The fourth-order valence-corrected chi connectivity index (χ4v) is 4.51. The summed E-state index contributed by atoms with van der Waals surface area (Å²) < 4.78 is 16.7. The van der Waals surface area contributed by atoms with Gasteiger partial charge in [0.05, 0.1) is 31.4 Å². The molecule has 11 heteroatoms. The molecule has 4 heterocycles. The Balaban J connectivity index is 1.27. The Labute approximate surface area is 219 Å². The molecule has 10 nitrogen and oxygen atoms in total. The maximum Gasteiger partial charge on any atom is 0.233 e. The number of rotatable bonds is 7. The van der Waals surface area contributed by atoms with Crippen LogP contribution in [0.15, 0.2) is 52.8 Å². The quantitative estimate of drug-likeness (QED) is 0.349. The lowest BCUT2D eigenvalue weighted by molar-refractivity contribution is 0.0320. The van der Waals surface area contributed by atoms with Gasteiger partial charge in [0.15, 0.2) is 16.3 Å². The van der Waals surface area contributed by atoms with Crippen molar-refractivity contribution in [2.45, 2.75) is 26.2 Å². The van der Waals surface area contributed by atoms with Gasteiger partial charge in [-0.25, -0.2) is 9.97 Å². The van der Waals surface area contributed by atoms with Crippen molar-refractivity contribution in [3.05, 3.63) is 54.0 Å². The van der Waals surface area contributed by atoms with Crippen LogP contribution in [0.5, 0.6) is 5.88 Å². The molecule has 0 amide bonds. The van der Waals surface area contributed by atoms with E-state index in [-0.39, 0.29) is 5.41 Å². The summed E-state index contributed by atoms with van der Waals surface area (Å²) in [6.45, 7) is 11.1. The molecule has 0 aliphatic carbocycles. The number of nitrogens with one attached hydrogen (secondary N) is 2. The van der Waals surface area contributed by atoms with Crippen LogP contribution in [-0.4, -0.2) is 69.4 Å². The Kier molecular flexibility index (Phi) is 7.63. The maximum atomic E-state index is 5.86. The van der Waals surface area contributed by atoms with Crippen LogP contribution in [0.1, 0.15) is 26.5 Å². The molecule has 4 aromatic rings. The number of H-pyrrole nitrogens is 1. The number of anilines is 2. The standard InChI is InChI=1S/C26H31N7O3S/c1-26(2,3)21-14-22(32-36-21)30-19-6-4-18(5-7-19)20-16-37-25-24(29-17-28-20)27-15-23(31-25)35-13-10-33-8-11-34-12-9-33/h4-7,14-17H,8-13H2,1-3H3,(H,30,32)(H,27,28,29). The average Bonchev–Trinajstić information content (AvgIpc) is 3.36. The van der Waals surface area contributed by atoms with E-state index in [0.717, 1.165) is 55.6 Å². The van der Waals surface area contributed by atoms with E-state index in [0.29, 0.717) is 28.8 Å². The molecule has 1 fully saturated rings. The van der Waals surface area contributed by atoms with Crippen molar-refractivity contribution in [2.75, 3.05) is 44.8 Å². The second-order valence-electron chi connectivity index (χ2n) is 9.72. The summed E-state index contributed by atoms with van der Waals surface area (Å²) in [5.41, 5.74) is 3.29. The third-order valence-electron chi connectivity index (χ3n) is 5.87. The van der Waals surface area contributed by atoms with E-state index in [2.05, 4.69) is 56.1 Å². The van der Waals surface area contributed by atoms with Gasteiger partial charge in [-0.05, 0) is 17.7 Å². The number of hydrogen-bond acceptors (Lipinski definition) is 10. The predicted octanol–water partition coefficient (Wildman–Crippen LogP) is 4.95. The number of ether oxygens (including phenoxy) is 2. The minimum absolute atomic E-state index is 0.0921. The molecule has 1 aliphatic heterocycles. The summed E-state index contributed by atoms with van der Waals surface area (Å²) in [5.74, 6) is 2.01. The second kappa shape index (κ2) is 11.2. The van der Waals surface area contributed by atoms with Gasteiger partial charge in [-0.1, -0.05) is 38.1 Å². The summed E-state index contributed by atoms with van der Waals surface area (Å²) >= 11 is 1.46. The Bertz CT molecular complexity index is 1370. The second-order valence-corrected chi connectivity index (χ2v) is 10.6. The molecular formula is C26H31N7O3S. The Morgan fingerprint density at radius 2 is 1.95 bits per heavy atom. The summed E-state index contributed by atoms with van der Waals surface area (Å²) in [4.78, 5) is 19.7. The molecule has 0 unspecified atom stereocenters. The topological polar surface area (TPSA) is 114 Å². The molecule has 0 bridgehead atoms. The first-order valence-corrected chi connectivity index (χ1v) is 13.1. The zero-order valence-corrected chi connectivity index (χ0v) is 22.0. The number of morpholine rings is 1. The van der Waals surface area contributed by atoms with E-state index in [1.807, 2.05) is 35.7 Å². The molecule has 1 aromatic carbocycles. The van der Waals surface area contributed by atoms with Gasteiger partial charge < -0.3 is 24.3 Å². The molecule has 5 rings (SSSR count). The van der Waals surface area contributed by atoms with Crippen molar-refractivity contribution in [1.29, 1.82) is 0 Å². The summed E-state index contributed by atoms with van der Waals surface area (Å²) in [7, 11) is 0. The zero-order chi connectivity index (χ0) is 25.7. The van der Waals surface area contributed by atoms with E-state index >= 15 is 0 Å². The van der Waals surface area contributed by atoms with Crippen molar-refractivity contribution in [3.63, 3.8) is 0 Å². The van der Waals surface area contributed by atoms with Gasteiger partial charge >= 0.3 is 0 Å². The maximum absolute atomic E-state index is 5.86. The highest BCUT2D eigenvalue weighted by molar-refractivity contribution is 7.16. The molecular weight excluding hydrogens is 490 g/mol. The van der Waals surface area contributed by atoms with Gasteiger partial charge in [-0.15, -0.1) is 11.3 Å². The third kappa shape index (κ3) is 6.62. The number of aromatic nitrogens is 5. The lowest BCUT2D eigenvalue weighted by Crippen LogP contribution is -2.38. The van der Waals surface area contributed by atoms with Gasteiger partial charge in [-0.2, -0.15) is 4.98 Å². The van der Waals surface area contributed by atoms with Gasteiger partial charge in [-0.3, -0.25) is 4.90 Å². The molecule has 194 valence electrons. The van der Waals surface area contributed by atoms with E-state index in [1.165, 1.54) is 11.3 Å². The Morgan fingerprint density at radius 1 is 1.14 bits per heavy atom. The molecule has 1 saturated heterocycles. The lowest BCUT2D eigenvalue weighted by atomic mass is 9.93. The van der Waals surface area contributed by atoms with Crippen LogP contribution < -0.4 is 10.1 Å². The van der Waals surface area contributed by atoms with Gasteiger partial charge in [0.2, 0.25) is 5.88 Å². The van der Waals surface area contributed by atoms with Gasteiger partial charge in [0, 0.05) is 42.2 Å². The van der Waals surface area contributed by atoms with Gasteiger partial charge in [0.25, 0.3) is 0 Å². The first-order valence-electron chi connectivity index (χ1n) is 12.2. The van der Waals surface area contributed by atoms with E-state index in [9.17, 15) is 0 Å². The number of hydrogen-bond donors (Lipinski definition) is 2. The largest absolute Gasteiger partial charge is 0.475 e. The number of benzene rings is 1. The van der Waals surface area contributed by atoms with Crippen molar-refractivity contribution in [3.8, 4) is 17.1 Å². The summed E-state index contributed by atoms with van der Waals surface area (Å²) in [6.07, 6.45) is 3.25. The normalized spacial score (nSPS) is 14.5. The highest BCUT2D eigenvalue weighted by Gasteiger charge is 2.19. The van der Waals surface area contributed by atoms with Crippen molar-refractivity contribution >= 4 is 33.3 Å². The minimum Gasteiger partial charge on any atom is -0.475 e. The number of fused-ring (bicyclic) bond motifs is 1. The average molecular weight is 522 g/mol. The Hall–Kier alpha value is -3.54. The molecule has 0 spiro atoms. The van der Waals surface area contributed by atoms with Crippen LogP contribution in [0.2, 0.25) is 0 Å². The fourth-order valence-electron chi connectivity index (χ4n) is 3.72. The number of aromatic amines is 1. The van der Waals surface area contributed by atoms with Crippen molar-refractivity contribution in [2.24, 2.45) is 0 Å². The molecule has 1 aliphatic rings. The minimum atomic E-state index is -0.0921. The fraction of sp³-hybridized carbons (Fsp3) is 0.385. The first kappa shape index (κ1) is 25.1. The van der Waals surface area contributed by atoms with E-state index < -0.39 is 0 Å². The van der Waals surface area contributed by atoms with E-state index in [1.54, 1.807) is 12.5 Å². The Morgan fingerprint density at radius 3 is 2.70 bits per heavy atom. The molecule has 3 aromatic heterocycles. The summed E-state index contributed by atoms with van der Waals surface area (Å²) in [6, 6.07) is 9.98. The smallest absolute Gasteiger partial charge is 0.233 e. The third-order valence-corrected chi connectivity index (χ3v) is 6.73. The van der Waals surface area contributed by atoms with Crippen LogP contribution in [0.3, 0.4) is 0 Å². The molecule has 2 N–H and O–H groups in total. The molecule has 37 heavy (non-hydrogen) atoms. The zero-order valence-electron chi connectivity index (χ0n) is 21.2. The van der Waals surface area contributed by atoms with Crippen LogP contribution in [0, 0.1) is 0 Å². The van der Waals surface area contributed by atoms with Crippen LogP contribution >= 0.6 is 11.3 Å². The highest BCUT2D eigenvalue weighted by Crippen LogP contribution is 2.27. The SMILES string of the molecule is CC(C)(C)c1cc(Nc2ccc(-c3csc4nc(OCCN5CCOCC5)cnc4nc[nH]3)cc2)no1. The van der Waals surface area contributed by atoms with Crippen molar-refractivity contribution < 1.29 is 14.0 Å². The van der Waals surface area contributed by atoms with Crippen LogP contribution in [-0.2, 0) is 10.2 Å². The molecule has 0 radical (unpaired) electrons.